The quantitative estimate of drug-likeness (QED) is 0.519. The number of aromatic nitrogens is 2. The number of sulfonamides is 1. The van der Waals surface area contributed by atoms with Gasteiger partial charge in [0.05, 0.1) is 9.82 Å². The van der Waals surface area contributed by atoms with Crippen molar-refractivity contribution in [2.75, 3.05) is 49.1 Å². The van der Waals surface area contributed by atoms with E-state index in [1.165, 1.54) is 28.6 Å². The molecule has 1 aromatic carbocycles. The predicted octanol–water partition coefficient (Wildman–Crippen LogP) is 1.80. The minimum atomic E-state index is -3.70. The molecule has 0 spiro atoms. The maximum absolute atomic E-state index is 12.9. The van der Waals surface area contributed by atoms with Crippen LogP contribution in [-0.4, -0.2) is 66.9 Å². The number of non-ortho nitro benzene ring substituents is 1. The molecule has 160 valence electrons. The summed E-state index contributed by atoms with van der Waals surface area (Å²) in [7, 11) is -3.70. The van der Waals surface area contributed by atoms with Gasteiger partial charge in [-0.15, -0.1) is 0 Å². The molecular weight excluding hydrogens is 408 g/mol. The summed E-state index contributed by atoms with van der Waals surface area (Å²) in [4.78, 5) is 23.8. The Morgan fingerprint density at radius 1 is 0.933 bits per heavy atom. The van der Waals surface area contributed by atoms with Crippen LogP contribution in [0.5, 0.6) is 0 Å². The zero-order valence-corrected chi connectivity index (χ0v) is 17.6. The third-order valence-electron chi connectivity index (χ3n) is 5.47. The molecule has 0 radical (unpaired) electrons. The van der Waals surface area contributed by atoms with Crippen LogP contribution in [0.15, 0.2) is 35.2 Å². The molecule has 2 aliphatic heterocycles. The highest BCUT2D eigenvalue weighted by atomic mass is 32.2. The van der Waals surface area contributed by atoms with Gasteiger partial charge >= 0.3 is 0 Å². The zero-order chi connectivity index (χ0) is 21.3. The van der Waals surface area contributed by atoms with Crippen LogP contribution < -0.4 is 9.80 Å². The molecule has 0 atom stereocenters. The number of nitrogens with zero attached hydrogens (tertiary/aromatic N) is 6. The minimum Gasteiger partial charge on any atom is -0.356 e. The molecule has 2 saturated heterocycles. The Kier molecular flexibility index (Phi) is 5.56. The van der Waals surface area contributed by atoms with E-state index in [2.05, 4.69) is 9.88 Å². The first-order chi connectivity index (χ1) is 14.3. The van der Waals surface area contributed by atoms with Gasteiger partial charge in [-0.2, -0.15) is 9.29 Å². The number of nitro groups is 1. The van der Waals surface area contributed by atoms with E-state index in [-0.39, 0.29) is 10.6 Å². The Bertz CT molecular complexity index is 1030. The van der Waals surface area contributed by atoms with E-state index in [0.717, 1.165) is 37.4 Å². The fourth-order valence-electron chi connectivity index (χ4n) is 3.80. The van der Waals surface area contributed by atoms with Gasteiger partial charge < -0.3 is 9.80 Å². The molecule has 0 N–H and O–H groups in total. The summed E-state index contributed by atoms with van der Waals surface area (Å²) in [6.45, 7) is 5.50. The van der Waals surface area contributed by atoms with Crippen molar-refractivity contribution in [3.8, 4) is 0 Å². The zero-order valence-electron chi connectivity index (χ0n) is 16.8. The number of aryl methyl sites for hydroxylation is 1. The number of benzene rings is 1. The summed E-state index contributed by atoms with van der Waals surface area (Å²) in [6, 6.07) is 6.98. The van der Waals surface area contributed by atoms with E-state index in [9.17, 15) is 18.5 Å². The lowest BCUT2D eigenvalue weighted by Crippen LogP contribution is -2.49. The molecule has 0 bridgehead atoms. The summed E-state index contributed by atoms with van der Waals surface area (Å²) >= 11 is 0. The number of rotatable bonds is 5. The van der Waals surface area contributed by atoms with Crippen LogP contribution in [0.4, 0.5) is 17.5 Å². The Morgan fingerprint density at radius 2 is 1.57 bits per heavy atom. The molecular formula is C19H24N6O4S. The lowest BCUT2D eigenvalue weighted by molar-refractivity contribution is -0.384. The monoisotopic (exact) mass is 432 g/mol. The van der Waals surface area contributed by atoms with E-state index in [1.807, 2.05) is 17.9 Å². The molecule has 0 aliphatic carbocycles. The fourth-order valence-corrected chi connectivity index (χ4v) is 5.23. The molecule has 30 heavy (non-hydrogen) atoms. The standard InChI is InChI=1S/C19H24N6O4S/c1-15-14-18(22-8-2-3-9-22)21-19(20-15)23-10-12-24(13-11-23)30(28,29)17-6-4-16(5-7-17)25(26)27/h4-7,14H,2-3,8-13H2,1H3. The van der Waals surface area contributed by atoms with Crippen molar-refractivity contribution < 1.29 is 13.3 Å². The van der Waals surface area contributed by atoms with E-state index >= 15 is 0 Å². The van der Waals surface area contributed by atoms with Gasteiger partial charge in [0.15, 0.2) is 0 Å². The average molecular weight is 433 g/mol. The van der Waals surface area contributed by atoms with E-state index in [1.54, 1.807) is 0 Å². The molecule has 4 rings (SSSR count). The van der Waals surface area contributed by atoms with Crippen LogP contribution in [0.3, 0.4) is 0 Å². The van der Waals surface area contributed by atoms with Crippen LogP contribution in [0, 0.1) is 17.0 Å². The Hall–Kier alpha value is -2.79. The number of anilines is 2. The number of nitro benzene ring substituents is 1. The number of hydrogen-bond acceptors (Lipinski definition) is 8. The second kappa shape index (κ2) is 8.15. The first-order valence-corrected chi connectivity index (χ1v) is 11.4. The van der Waals surface area contributed by atoms with E-state index < -0.39 is 14.9 Å². The van der Waals surface area contributed by atoms with Gasteiger partial charge in [0.25, 0.3) is 5.69 Å². The predicted molar refractivity (Wildman–Crippen MR) is 112 cm³/mol. The average Bonchev–Trinajstić information content (AvgIpc) is 3.28. The van der Waals surface area contributed by atoms with Crippen LogP contribution >= 0.6 is 0 Å². The summed E-state index contributed by atoms with van der Waals surface area (Å²) in [5.41, 5.74) is 0.756. The molecule has 11 heteroatoms. The smallest absolute Gasteiger partial charge is 0.269 e. The van der Waals surface area contributed by atoms with Crippen molar-refractivity contribution in [3.63, 3.8) is 0 Å². The summed E-state index contributed by atoms with van der Waals surface area (Å²) in [5, 5.41) is 10.8. The highest BCUT2D eigenvalue weighted by Gasteiger charge is 2.30. The van der Waals surface area contributed by atoms with Gasteiger partial charge in [0, 0.05) is 63.2 Å². The van der Waals surface area contributed by atoms with E-state index in [4.69, 9.17) is 4.98 Å². The fraction of sp³-hybridized carbons (Fsp3) is 0.474. The first-order valence-electron chi connectivity index (χ1n) is 9.95. The third-order valence-corrected chi connectivity index (χ3v) is 7.38. The molecule has 2 aliphatic rings. The van der Waals surface area contributed by atoms with Crippen LogP contribution in [0.2, 0.25) is 0 Å². The number of hydrogen-bond donors (Lipinski definition) is 0. The van der Waals surface area contributed by atoms with Crippen molar-refractivity contribution in [3.05, 3.63) is 46.1 Å². The maximum atomic E-state index is 12.9. The van der Waals surface area contributed by atoms with Gasteiger partial charge in [0.2, 0.25) is 16.0 Å². The molecule has 2 fully saturated rings. The van der Waals surface area contributed by atoms with Crippen LogP contribution in [0.1, 0.15) is 18.5 Å². The topological polar surface area (TPSA) is 113 Å². The summed E-state index contributed by atoms with van der Waals surface area (Å²) in [6.07, 6.45) is 2.33. The second-order valence-corrected chi connectivity index (χ2v) is 9.44. The molecule has 1 aromatic heterocycles. The van der Waals surface area contributed by atoms with Crippen molar-refractivity contribution in [2.24, 2.45) is 0 Å². The minimum absolute atomic E-state index is 0.0599. The van der Waals surface area contributed by atoms with Gasteiger partial charge in [-0.1, -0.05) is 0 Å². The molecule has 0 amide bonds. The highest BCUT2D eigenvalue weighted by molar-refractivity contribution is 7.89. The van der Waals surface area contributed by atoms with Gasteiger partial charge in [-0.3, -0.25) is 10.1 Å². The van der Waals surface area contributed by atoms with Crippen molar-refractivity contribution in [2.45, 2.75) is 24.7 Å². The first kappa shape index (κ1) is 20.5. The largest absolute Gasteiger partial charge is 0.356 e. The highest BCUT2D eigenvalue weighted by Crippen LogP contribution is 2.24. The van der Waals surface area contributed by atoms with Gasteiger partial charge in [0.1, 0.15) is 5.82 Å². The lowest BCUT2D eigenvalue weighted by Gasteiger charge is -2.34. The van der Waals surface area contributed by atoms with Crippen LogP contribution in [-0.2, 0) is 10.0 Å². The SMILES string of the molecule is Cc1cc(N2CCCC2)nc(N2CCN(S(=O)(=O)c3ccc([N+](=O)[O-])cc3)CC2)n1. The molecule has 0 saturated carbocycles. The normalized spacial score (nSPS) is 18.0. The number of piperazine rings is 1. The van der Waals surface area contributed by atoms with Crippen molar-refractivity contribution in [1.29, 1.82) is 0 Å². The van der Waals surface area contributed by atoms with Crippen molar-refractivity contribution in [1.82, 2.24) is 14.3 Å². The summed E-state index contributed by atoms with van der Waals surface area (Å²) < 4.78 is 27.2. The van der Waals surface area contributed by atoms with Gasteiger partial charge in [-0.25, -0.2) is 13.4 Å². The third kappa shape index (κ3) is 4.08. The Labute approximate surface area is 175 Å². The summed E-state index contributed by atoms with van der Waals surface area (Å²) in [5.74, 6) is 1.56. The Balaban J connectivity index is 1.46. The second-order valence-electron chi connectivity index (χ2n) is 7.50. The van der Waals surface area contributed by atoms with Crippen LogP contribution in [0.25, 0.3) is 0 Å². The molecule has 10 nitrogen and oxygen atoms in total. The van der Waals surface area contributed by atoms with E-state index in [0.29, 0.717) is 32.1 Å². The Morgan fingerprint density at radius 3 is 2.17 bits per heavy atom. The lowest BCUT2D eigenvalue weighted by atomic mass is 10.3. The van der Waals surface area contributed by atoms with Crippen molar-refractivity contribution >= 4 is 27.5 Å². The molecule has 2 aromatic rings. The molecule has 0 unspecified atom stereocenters. The maximum Gasteiger partial charge on any atom is 0.269 e. The van der Waals surface area contributed by atoms with Gasteiger partial charge in [-0.05, 0) is 31.9 Å². The molecule has 3 heterocycles.